The number of ketones is 1. The molecular weight excluding hydrogens is 488 g/mol. The molecule has 0 radical (unpaired) electrons. The van der Waals surface area contributed by atoms with Crippen molar-refractivity contribution in [3.63, 3.8) is 0 Å². The number of amides is 1. The van der Waals surface area contributed by atoms with E-state index >= 15 is 0 Å². The topological polar surface area (TPSA) is 106 Å². The second kappa shape index (κ2) is 10.2. The van der Waals surface area contributed by atoms with Gasteiger partial charge in [0.25, 0.3) is 5.78 Å². The predicted octanol–water partition coefficient (Wildman–Crippen LogP) is 4.88. The van der Waals surface area contributed by atoms with Crippen LogP contribution in [0.5, 0.6) is 5.75 Å². The van der Waals surface area contributed by atoms with Crippen molar-refractivity contribution in [2.45, 2.75) is 19.9 Å². The molecule has 0 saturated carbocycles. The lowest BCUT2D eigenvalue weighted by Crippen LogP contribution is -2.29. The van der Waals surface area contributed by atoms with Crippen molar-refractivity contribution in [2.24, 2.45) is 0 Å². The lowest BCUT2D eigenvalue weighted by molar-refractivity contribution is -0.132. The Labute approximate surface area is 209 Å². The molecule has 8 nitrogen and oxygen atoms in total. The molecule has 35 heavy (non-hydrogen) atoms. The zero-order chi connectivity index (χ0) is 25.1. The van der Waals surface area contributed by atoms with Crippen LogP contribution >= 0.6 is 22.7 Å². The molecule has 1 atom stereocenters. The highest BCUT2D eigenvalue weighted by molar-refractivity contribution is 7.18. The first-order valence-electron chi connectivity index (χ1n) is 10.7. The Kier molecular flexibility index (Phi) is 7.13. The predicted molar refractivity (Wildman–Crippen MR) is 134 cm³/mol. The largest absolute Gasteiger partial charge is 0.507 e. The van der Waals surface area contributed by atoms with Crippen molar-refractivity contribution in [3.05, 3.63) is 81.0 Å². The first-order chi connectivity index (χ1) is 16.9. The van der Waals surface area contributed by atoms with Crippen LogP contribution < -0.4 is 9.64 Å². The SMILES string of the molecule is C=CCOc1ccc(/C(O)=C2\C(=O)C(=O)N(c3nc(C)c(C(=O)OCC)s3)[C@@H]2c2cccs2)cc1. The summed E-state index contributed by atoms with van der Waals surface area (Å²) in [6, 6.07) is 9.21. The molecule has 180 valence electrons. The maximum atomic E-state index is 13.2. The van der Waals surface area contributed by atoms with E-state index in [4.69, 9.17) is 9.47 Å². The summed E-state index contributed by atoms with van der Waals surface area (Å²) in [5.41, 5.74) is 0.700. The van der Waals surface area contributed by atoms with Crippen molar-refractivity contribution in [1.82, 2.24) is 4.98 Å². The van der Waals surface area contributed by atoms with Crippen LogP contribution in [0.3, 0.4) is 0 Å². The summed E-state index contributed by atoms with van der Waals surface area (Å²) < 4.78 is 10.6. The summed E-state index contributed by atoms with van der Waals surface area (Å²) in [5, 5.41) is 13.2. The van der Waals surface area contributed by atoms with Crippen LogP contribution in [0.2, 0.25) is 0 Å². The molecule has 1 amide bonds. The maximum Gasteiger partial charge on any atom is 0.350 e. The van der Waals surface area contributed by atoms with Gasteiger partial charge in [-0.05, 0) is 49.6 Å². The zero-order valence-corrected chi connectivity index (χ0v) is 20.6. The minimum atomic E-state index is -0.896. The summed E-state index contributed by atoms with van der Waals surface area (Å²) in [6.45, 7) is 7.47. The minimum Gasteiger partial charge on any atom is -0.507 e. The number of aryl methyl sites for hydroxylation is 1. The first-order valence-corrected chi connectivity index (χ1v) is 12.4. The monoisotopic (exact) mass is 510 g/mol. The number of rotatable bonds is 8. The highest BCUT2D eigenvalue weighted by Crippen LogP contribution is 2.45. The molecule has 0 bridgehead atoms. The van der Waals surface area contributed by atoms with Gasteiger partial charge in [-0.15, -0.1) is 11.3 Å². The van der Waals surface area contributed by atoms with Crippen LogP contribution in [0.4, 0.5) is 5.13 Å². The van der Waals surface area contributed by atoms with Crippen LogP contribution in [-0.4, -0.2) is 41.0 Å². The van der Waals surface area contributed by atoms with Gasteiger partial charge in [0.05, 0.1) is 17.9 Å². The number of ether oxygens (including phenoxy) is 2. The van der Waals surface area contributed by atoms with E-state index in [1.165, 1.54) is 16.2 Å². The van der Waals surface area contributed by atoms with Crippen molar-refractivity contribution < 1.29 is 29.0 Å². The third-order valence-electron chi connectivity index (χ3n) is 5.20. The second-order valence-electron chi connectivity index (χ2n) is 7.44. The van der Waals surface area contributed by atoms with Gasteiger partial charge in [0, 0.05) is 10.4 Å². The number of carbonyl (C=O) groups is 3. The standard InChI is InChI=1S/C25H22N2O6S2/c1-4-12-33-16-10-8-15(9-11-16)20(28)18-19(17-7-6-13-34-17)27(23(30)21(18)29)25-26-14(3)22(35-25)24(31)32-5-2/h4,6-11,13,19,28H,1,5,12H2,2-3H3/b20-18+/t19-/m1/s1. The Morgan fingerprint density at radius 2 is 2.00 bits per heavy atom. The average molecular weight is 511 g/mol. The van der Waals surface area contributed by atoms with Crippen molar-refractivity contribution in [3.8, 4) is 5.75 Å². The van der Waals surface area contributed by atoms with Crippen molar-refractivity contribution >= 4 is 51.2 Å². The van der Waals surface area contributed by atoms with Crippen LogP contribution in [0.25, 0.3) is 5.76 Å². The van der Waals surface area contributed by atoms with Crippen LogP contribution in [0.1, 0.15) is 38.8 Å². The molecule has 1 saturated heterocycles. The molecule has 1 aliphatic heterocycles. The second-order valence-corrected chi connectivity index (χ2v) is 9.40. The highest BCUT2D eigenvalue weighted by atomic mass is 32.1. The van der Waals surface area contributed by atoms with E-state index in [-0.39, 0.29) is 27.9 Å². The molecule has 1 aromatic carbocycles. The van der Waals surface area contributed by atoms with E-state index in [1.54, 1.807) is 56.3 Å². The number of carbonyl (C=O) groups excluding carboxylic acids is 3. The molecule has 2 aromatic heterocycles. The van der Waals surface area contributed by atoms with Gasteiger partial charge in [0.15, 0.2) is 5.13 Å². The molecule has 0 unspecified atom stereocenters. The summed E-state index contributed by atoms with van der Waals surface area (Å²) in [6.07, 6.45) is 1.62. The molecular formula is C25H22N2O6S2. The third-order valence-corrected chi connectivity index (χ3v) is 7.27. The van der Waals surface area contributed by atoms with Gasteiger partial charge in [-0.2, -0.15) is 0 Å². The zero-order valence-electron chi connectivity index (χ0n) is 19.0. The van der Waals surface area contributed by atoms with Gasteiger partial charge in [-0.25, -0.2) is 9.78 Å². The van der Waals surface area contributed by atoms with Crippen LogP contribution in [-0.2, 0) is 14.3 Å². The quantitative estimate of drug-likeness (QED) is 0.151. The van der Waals surface area contributed by atoms with E-state index in [1.807, 2.05) is 5.38 Å². The van der Waals surface area contributed by atoms with Gasteiger partial charge < -0.3 is 14.6 Å². The molecule has 10 heteroatoms. The Morgan fingerprint density at radius 3 is 2.63 bits per heavy atom. The summed E-state index contributed by atoms with van der Waals surface area (Å²) in [4.78, 5) is 45.3. The molecule has 0 aliphatic carbocycles. The first kappa shape index (κ1) is 24.4. The Bertz CT molecular complexity index is 1310. The fourth-order valence-electron chi connectivity index (χ4n) is 3.64. The number of thiazole rings is 1. The Balaban J connectivity index is 1.80. The van der Waals surface area contributed by atoms with Gasteiger partial charge in [0.1, 0.15) is 29.0 Å². The summed E-state index contributed by atoms with van der Waals surface area (Å²) in [7, 11) is 0. The number of aromatic nitrogens is 1. The van der Waals surface area contributed by atoms with Gasteiger partial charge in [-0.3, -0.25) is 14.5 Å². The fraction of sp³-hybridized carbons (Fsp3) is 0.200. The van der Waals surface area contributed by atoms with Crippen LogP contribution in [0.15, 0.2) is 60.0 Å². The molecule has 3 aromatic rings. The van der Waals surface area contributed by atoms with E-state index < -0.39 is 23.7 Å². The Hall–Kier alpha value is -3.76. The number of hydrogen-bond donors (Lipinski definition) is 1. The number of benzene rings is 1. The smallest absolute Gasteiger partial charge is 0.350 e. The van der Waals surface area contributed by atoms with Gasteiger partial charge in [-0.1, -0.05) is 30.1 Å². The number of aliphatic hydroxyl groups is 1. The number of esters is 1. The normalized spacial score (nSPS) is 17.0. The molecule has 4 rings (SSSR count). The van der Waals surface area contributed by atoms with E-state index in [0.717, 1.165) is 11.3 Å². The van der Waals surface area contributed by atoms with Gasteiger partial charge >= 0.3 is 11.9 Å². The fourth-order valence-corrected chi connectivity index (χ4v) is 5.45. The van der Waals surface area contributed by atoms with E-state index in [2.05, 4.69) is 11.6 Å². The number of thiophene rings is 1. The highest BCUT2D eigenvalue weighted by Gasteiger charge is 2.48. The third kappa shape index (κ3) is 4.62. The number of nitrogens with zero attached hydrogens (tertiary/aromatic N) is 2. The molecule has 1 aliphatic rings. The molecule has 1 fully saturated rings. The minimum absolute atomic E-state index is 0.0530. The number of aliphatic hydroxyl groups excluding tert-OH is 1. The van der Waals surface area contributed by atoms with Gasteiger partial charge in [0.2, 0.25) is 0 Å². The number of Topliss-reactive ketones (excluding diaryl/α,β-unsaturated/α-hetero) is 1. The van der Waals surface area contributed by atoms with E-state index in [9.17, 15) is 19.5 Å². The molecule has 1 N–H and O–H groups in total. The number of hydrogen-bond acceptors (Lipinski definition) is 9. The maximum absolute atomic E-state index is 13.2. The summed E-state index contributed by atoms with van der Waals surface area (Å²) >= 11 is 2.31. The van der Waals surface area contributed by atoms with Crippen molar-refractivity contribution in [2.75, 3.05) is 18.1 Å². The lowest BCUT2D eigenvalue weighted by Gasteiger charge is -2.21. The van der Waals surface area contributed by atoms with Crippen molar-refractivity contribution in [1.29, 1.82) is 0 Å². The molecule has 3 heterocycles. The van der Waals surface area contributed by atoms with Crippen LogP contribution in [0, 0.1) is 6.92 Å². The number of anilines is 1. The average Bonchev–Trinajstić information content (AvgIpc) is 3.57. The summed E-state index contributed by atoms with van der Waals surface area (Å²) in [5.74, 6) is -1.95. The Morgan fingerprint density at radius 1 is 1.26 bits per heavy atom. The molecule has 0 spiro atoms. The lowest BCUT2D eigenvalue weighted by atomic mass is 10.00. The van der Waals surface area contributed by atoms with E-state index in [0.29, 0.717) is 28.5 Å².